The molecule has 2 aromatic carbocycles. The number of aromatic nitrogens is 2. The zero-order valence-corrected chi connectivity index (χ0v) is 16.5. The normalized spacial score (nSPS) is 15.4. The number of ether oxygens (including phenoxy) is 2. The van der Waals surface area contributed by atoms with Crippen molar-refractivity contribution in [1.82, 2.24) is 15.1 Å². The SMILES string of the molecule is COc1ccccc1OCC(=O)NC1CCCc2c1cnn2Cc1ccccc1. The van der Waals surface area contributed by atoms with Crippen LogP contribution in [0.4, 0.5) is 0 Å². The van der Waals surface area contributed by atoms with Crippen LogP contribution >= 0.6 is 0 Å². The van der Waals surface area contributed by atoms with Gasteiger partial charge in [-0.3, -0.25) is 9.48 Å². The van der Waals surface area contributed by atoms with Gasteiger partial charge in [0.1, 0.15) is 0 Å². The summed E-state index contributed by atoms with van der Waals surface area (Å²) in [6, 6.07) is 17.6. The van der Waals surface area contributed by atoms with Crippen LogP contribution in [0.25, 0.3) is 0 Å². The lowest BCUT2D eigenvalue weighted by Gasteiger charge is -2.24. The molecule has 1 unspecified atom stereocenters. The number of nitrogens with zero attached hydrogens (tertiary/aromatic N) is 2. The highest BCUT2D eigenvalue weighted by Crippen LogP contribution is 2.30. The Morgan fingerprint density at radius 2 is 1.90 bits per heavy atom. The molecule has 4 rings (SSSR count). The van der Waals surface area contributed by atoms with Crippen LogP contribution in [0, 0.1) is 0 Å². The average molecular weight is 391 g/mol. The highest BCUT2D eigenvalue weighted by atomic mass is 16.5. The lowest BCUT2D eigenvalue weighted by Crippen LogP contribution is -2.34. The summed E-state index contributed by atoms with van der Waals surface area (Å²) in [5.41, 5.74) is 3.53. The molecule has 1 atom stereocenters. The molecule has 1 heterocycles. The van der Waals surface area contributed by atoms with Crippen LogP contribution in [0.1, 0.15) is 35.7 Å². The van der Waals surface area contributed by atoms with Gasteiger partial charge in [-0.2, -0.15) is 5.10 Å². The van der Waals surface area contributed by atoms with Crippen molar-refractivity contribution < 1.29 is 14.3 Å². The molecule has 150 valence electrons. The number of para-hydroxylation sites is 2. The first-order chi connectivity index (χ1) is 14.2. The fraction of sp³-hybridized carbons (Fsp3) is 0.304. The van der Waals surface area contributed by atoms with Crippen LogP contribution in [0.15, 0.2) is 60.8 Å². The molecule has 1 amide bonds. The number of hydrogen-bond donors (Lipinski definition) is 1. The van der Waals surface area contributed by atoms with Crippen LogP contribution in [0.3, 0.4) is 0 Å². The highest BCUT2D eigenvalue weighted by molar-refractivity contribution is 5.78. The molecule has 1 N–H and O–H groups in total. The van der Waals surface area contributed by atoms with Gasteiger partial charge in [0.05, 0.1) is 25.9 Å². The van der Waals surface area contributed by atoms with E-state index >= 15 is 0 Å². The van der Waals surface area contributed by atoms with E-state index in [0.29, 0.717) is 11.5 Å². The second kappa shape index (κ2) is 8.82. The molecule has 1 aromatic heterocycles. The van der Waals surface area contributed by atoms with Gasteiger partial charge >= 0.3 is 0 Å². The molecule has 0 spiro atoms. The number of fused-ring (bicyclic) bond motifs is 1. The molecule has 6 nitrogen and oxygen atoms in total. The minimum atomic E-state index is -0.149. The summed E-state index contributed by atoms with van der Waals surface area (Å²) >= 11 is 0. The first-order valence-corrected chi connectivity index (χ1v) is 9.88. The zero-order valence-electron chi connectivity index (χ0n) is 16.5. The number of rotatable bonds is 7. The summed E-state index contributed by atoms with van der Waals surface area (Å²) in [7, 11) is 1.58. The van der Waals surface area contributed by atoms with Crippen molar-refractivity contribution in [2.45, 2.75) is 31.8 Å². The molecule has 0 bridgehead atoms. The van der Waals surface area contributed by atoms with Crippen molar-refractivity contribution in [2.75, 3.05) is 13.7 Å². The number of amides is 1. The fourth-order valence-corrected chi connectivity index (χ4v) is 3.78. The van der Waals surface area contributed by atoms with Gasteiger partial charge in [0.15, 0.2) is 18.1 Å². The number of methoxy groups -OCH3 is 1. The lowest BCUT2D eigenvalue weighted by molar-refractivity contribution is -0.124. The minimum Gasteiger partial charge on any atom is -0.493 e. The molecule has 6 heteroatoms. The van der Waals surface area contributed by atoms with Crippen molar-refractivity contribution in [3.05, 3.63) is 77.6 Å². The summed E-state index contributed by atoms with van der Waals surface area (Å²) in [6.07, 6.45) is 4.80. The second-order valence-electron chi connectivity index (χ2n) is 7.14. The summed E-state index contributed by atoms with van der Waals surface area (Å²) in [5, 5.41) is 7.69. The van der Waals surface area contributed by atoms with Gasteiger partial charge in [0.2, 0.25) is 0 Å². The molecule has 1 aliphatic rings. The Bertz CT molecular complexity index is 969. The quantitative estimate of drug-likeness (QED) is 0.669. The molecule has 0 radical (unpaired) electrons. The van der Waals surface area contributed by atoms with E-state index in [0.717, 1.165) is 31.4 Å². The van der Waals surface area contributed by atoms with Gasteiger partial charge in [-0.05, 0) is 37.0 Å². The van der Waals surface area contributed by atoms with Gasteiger partial charge in [-0.25, -0.2) is 0 Å². The number of carbonyl (C=O) groups is 1. The summed E-state index contributed by atoms with van der Waals surface area (Å²) in [4.78, 5) is 12.5. The predicted octanol–water partition coefficient (Wildman–Crippen LogP) is 3.51. The number of hydrogen-bond acceptors (Lipinski definition) is 4. The molecular formula is C23H25N3O3. The molecule has 0 fully saturated rings. The van der Waals surface area contributed by atoms with E-state index in [1.165, 1.54) is 11.3 Å². The van der Waals surface area contributed by atoms with E-state index in [4.69, 9.17) is 9.47 Å². The lowest BCUT2D eigenvalue weighted by atomic mass is 9.93. The average Bonchev–Trinajstić information content (AvgIpc) is 3.17. The molecule has 0 saturated heterocycles. The third-order valence-corrected chi connectivity index (χ3v) is 5.20. The Hall–Kier alpha value is -3.28. The first kappa shape index (κ1) is 19.1. The first-order valence-electron chi connectivity index (χ1n) is 9.88. The largest absolute Gasteiger partial charge is 0.493 e. The van der Waals surface area contributed by atoms with E-state index in [-0.39, 0.29) is 18.6 Å². The maximum Gasteiger partial charge on any atom is 0.258 e. The zero-order chi connectivity index (χ0) is 20.1. The Kier molecular flexibility index (Phi) is 5.79. The molecule has 0 saturated carbocycles. The van der Waals surface area contributed by atoms with Gasteiger partial charge in [-0.1, -0.05) is 42.5 Å². The van der Waals surface area contributed by atoms with Crippen molar-refractivity contribution in [1.29, 1.82) is 0 Å². The molecule has 29 heavy (non-hydrogen) atoms. The molecule has 1 aliphatic carbocycles. The summed E-state index contributed by atoms with van der Waals surface area (Å²) in [6.45, 7) is 0.693. The third-order valence-electron chi connectivity index (χ3n) is 5.20. The maximum atomic E-state index is 12.5. The molecule has 0 aliphatic heterocycles. The van der Waals surface area contributed by atoms with Gasteiger partial charge in [0, 0.05) is 11.3 Å². The Morgan fingerprint density at radius 3 is 2.69 bits per heavy atom. The van der Waals surface area contributed by atoms with E-state index in [2.05, 4.69) is 22.5 Å². The summed E-state index contributed by atoms with van der Waals surface area (Å²) < 4.78 is 13.0. The Morgan fingerprint density at radius 1 is 1.14 bits per heavy atom. The maximum absolute atomic E-state index is 12.5. The minimum absolute atomic E-state index is 0.0305. The van der Waals surface area contributed by atoms with Crippen LogP contribution in [0.5, 0.6) is 11.5 Å². The van der Waals surface area contributed by atoms with Gasteiger partial charge in [-0.15, -0.1) is 0 Å². The predicted molar refractivity (Wildman–Crippen MR) is 110 cm³/mol. The van der Waals surface area contributed by atoms with Crippen LogP contribution < -0.4 is 14.8 Å². The summed E-state index contributed by atoms with van der Waals surface area (Å²) in [5.74, 6) is 1.03. The van der Waals surface area contributed by atoms with E-state index in [9.17, 15) is 4.79 Å². The van der Waals surface area contributed by atoms with Crippen molar-refractivity contribution in [3.8, 4) is 11.5 Å². The number of nitrogens with one attached hydrogen (secondary N) is 1. The number of benzene rings is 2. The topological polar surface area (TPSA) is 65.4 Å². The Labute approximate surface area is 170 Å². The molecular weight excluding hydrogens is 366 g/mol. The fourth-order valence-electron chi connectivity index (χ4n) is 3.78. The highest BCUT2D eigenvalue weighted by Gasteiger charge is 2.25. The van der Waals surface area contributed by atoms with Crippen molar-refractivity contribution in [2.24, 2.45) is 0 Å². The standard InChI is InChI=1S/C23H25N3O3/c1-28-21-12-5-6-13-22(21)29-16-23(27)25-19-10-7-11-20-18(19)14-24-26(20)15-17-8-3-2-4-9-17/h2-6,8-9,12-14,19H,7,10-11,15-16H2,1H3,(H,25,27). The molecule has 3 aromatic rings. The smallest absolute Gasteiger partial charge is 0.258 e. The van der Waals surface area contributed by atoms with Gasteiger partial charge in [0.25, 0.3) is 5.91 Å². The van der Waals surface area contributed by atoms with E-state index in [1.807, 2.05) is 47.3 Å². The second-order valence-corrected chi connectivity index (χ2v) is 7.14. The third kappa shape index (κ3) is 4.42. The number of carbonyl (C=O) groups excluding carboxylic acids is 1. The van der Waals surface area contributed by atoms with Crippen LogP contribution in [-0.2, 0) is 17.8 Å². The van der Waals surface area contributed by atoms with E-state index < -0.39 is 0 Å². The van der Waals surface area contributed by atoms with Crippen molar-refractivity contribution >= 4 is 5.91 Å². The van der Waals surface area contributed by atoms with Gasteiger partial charge < -0.3 is 14.8 Å². The van der Waals surface area contributed by atoms with Crippen LogP contribution in [0.2, 0.25) is 0 Å². The Balaban J connectivity index is 1.40. The monoisotopic (exact) mass is 391 g/mol. The van der Waals surface area contributed by atoms with E-state index in [1.54, 1.807) is 13.2 Å². The van der Waals surface area contributed by atoms with Crippen LogP contribution in [-0.4, -0.2) is 29.4 Å². The van der Waals surface area contributed by atoms with Crippen molar-refractivity contribution in [3.63, 3.8) is 0 Å².